The highest BCUT2D eigenvalue weighted by atomic mass is 32.1. The van der Waals surface area contributed by atoms with Gasteiger partial charge in [0, 0.05) is 16.8 Å². The Balaban J connectivity index is 2.09. The highest BCUT2D eigenvalue weighted by molar-refractivity contribution is 7.12. The first-order valence-corrected chi connectivity index (χ1v) is 6.46. The Bertz CT molecular complexity index is 493. The molecule has 0 aliphatic heterocycles. The molecule has 2 aromatic rings. The number of rotatable bonds is 4. The van der Waals surface area contributed by atoms with Crippen LogP contribution in [0.25, 0.3) is 0 Å². The van der Waals surface area contributed by atoms with Gasteiger partial charge in [-0.1, -0.05) is 0 Å². The third-order valence-electron chi connectivity index (χ3n) is 2.60. The zero-order chi connectivity index (χ0) is 12.3. The topological polar surface area (TPSA) is 37.0 Å². The molecule has 2 aromatic heterocycles. The molecular weight excluding hydrogens is 230 g/mol. The van der Waals surface area contributed by atoms with Crippen LogP contribution in [0.5, 0.6) is 0 Å². The molecular formula is C13H17N3S. The van der Waals surface area contributed by atoms with Crippen molar-refractivity contribution in [3.63, 3.8) is 0 Å². The summed E-state index contributed by atoms with van der Waals surface area (Å²) in [4.78, 5) is 6.87. The molecule has 0 fully saturated rings. The van der Waals surface area contributed by atoms with Crippen LogP contribution in [0.1, 0.15) is 22.7 Å². The van der Waals surface area contributed by atoms with Crippen molar-refractivity contribution < 1.29 is 0 Å². The number of thiophene rings is 1. The minimum Gasteiger partial charge on any atom is -0.387 e. The summed E-state index contributed by atoms with van der Waals surface area (Å²) in [6.07, 6.45) is 3.66. The van der Waals surface area contributed by atoms with Gasteiger partial charge in [-0.15, -0.1) is 11.3 Å². The minimum absolute atomic E-state index is 0.308. The quantitative estimate of drug-likeness (QED) is 0.865. The first-order valence-electron chi connectivity index (χ1n) is 5.64. The summed E-state index contributed by atoms with van der Waals surface area (Å²) in [6, 6.07) is 6.69. The van der Waals surface area contributed by atoms with E-state index < -0.39 is 0 Å². The van der Waals surface area contributed by atoms with E-state index >= 15 is 0 Å². The molecule has 4 heteroatoms. The molecule has 0 bridgehead atoms. The van der Waals surface area contributed by atoms with E-state index in [2.05, 4.69) is 47.7 Å². The average Bonchev–Trinajstić information content (AvgIpc) is 2.76. The molecule has 90 valence electrons. The average molecular weight is 247 g/mol. The van der Waals surface area contributed by atoms with Gasteiger partial charge in [0.15, 0.2) is 0 Å². The Morgan fingerprint density at radius 3 is 2.65 bits per heavy atom. The van der Waals surface area contributed by atoms with Gasteiger partial charge in [0.1, 0.15) is 0 Å². The Kier molecular flexibility index (Phi) is 3.64. The Morgan fingerprint density at radius 1 is 1.24 bits per heavy atom. The van der Waals surface area contributed by atoms with Crippen LogP contribution in [-0.2, 0) is 0 Å². The van der Waals surface area contributed by atoms with Gasteiger partial charge in [-0.25, -0.2) is 0 Å². The van der Waals surface area contributed by atoms with Gasteiger partial charge in [0.05, 0.1) is 29.8 Å². The first-order chi connectivity index (χ1) is 8.19. The van der Waals surface area contributed by atoms with E-state index in [4.69, 9.17) is 0 Å². The Morgan fingerprint density at radius 2 is 2.00 bits per heavy atom. The summed E-state index contributed by atoms with van der Waals surface area (Å²) in [5.41, 5.74) is 2.06. The third-order valence-corrected chi connectivity index (χ3v) is 3.78. The van der Waals surface area contributed by atoms with Gasteiger partial charge in [0.2, 0.25) is 0 Å². The summed E-state index contributed by atoms with van der Waals surface area (Å²) < 4.78 is 0. The fourth-order valence-electron chi connectivity index (χ4n) is 1.66. The second kappa shape index (κ2) is 5.19. The van der Waals surface area contributed by atoms with Crippen LogP contribution in [0.15, 0.2) is 30.6 Å². The molecule has 3 nitrogen and oxygen atoms in total. The van der Waals surface area contributed by atoms with E-state index in [1.165, 1.54) is 9.75 Å². The van der Waals surface area contributed by atoms with Crippen molar-refractivity contribution in [3.05, 3.63) is 40.3 Å². The molecule has 0 saturated heterocycles. The summed E-state index contributed by atoms with van der Waals surface area (Å²) in [5.74, 6) is 0. The van der Waals surface area contributed by atoms with Gasteiger partial charge in [-0.3, -0.25) is 4.98 Å². The number of hydrogen-bond acceptors (Lipinski definition) is 4. The fourth-order valence-corrected chi connectivity index (χ4v) is 2.54. The van der Waals surface area contributed by atoms with Crippen molar-refractivity contribution in [2.75, 3.05) is 17.7 Å². The third kappa shape index (κ3) is 2.97. The highest BCUT2D eigenvalue weighted by Crippen LogP contribution is 2.26. The first kappa shape index (κ1) is 11.9. The van der Waals surface area contributed by atoms with E-state index in [9.17, 15) is 0 Å². The minimum atomic E-state index is 0.308. The lowest BCUT2D eigenvalue weighted by Gasteiger charge is -2.14. The molecule has 0 saturated carbocycles. The van der Waals surface area contributed by atoms with Crippen LogP contribution in [0.2, 0.25) is 0 Å². The molecule has 0 aromatic carbocycles. The lowest BCUT2D eigenvalue weighted by atomic mass is 10.2. The molecule has 2 rings (SSSR count). The maximum absolute atomic E-state index is 4.19. The molecule has 0 aliphatic rings. The second-order valence-electron chi connectivity index (χ2n) is 4.03. The van der Waals surface area contributed by atoms with Crippen LogP contribution in [-0.4, -0.2) is 12.0 Å². The van der Waals surface area contributed by atoms with Crippen LogP contribution < -0.4 is 10.6 Å². The zero-order valence-electron chi connectivity index (χ0n) is 10.3. The molecule has 2 heterocycles. The number of anilines is 2. The molecule has 0 radical (unpaired) electrons. The number of nitrogens with one attached hydrogen (secondary N) is 2. The number of aryl methyl sites for hydroxylation is 1. The summed E-state index contributed by atoms with van der Waals surface area (Å²) >= 11 is 1.83. The largest absolute Gasteiger partial charge is 0.387 e. The fraction of sp³-hybridized carbons (Fsp3) is 0.308. The zero-order valence-corrected chi connectivity index (χ0v) is 11.1. The van der Waals surface area contributed by atoms with Gasteiger partial charge >= 0.3 is 0 Å². The summed E-state index contributed by atoms with van der Waals surface area (Å²) in [6.45, 7) is 4.29. The van der Waals surface area contributed by atoms with E-state index in [0.717, 1.165) is 11.4 Å². The lowest BCUT2D eigenvalue weighted by molar-refractivity contribution is 0.906. The van der Waals surface area contributed by atoms with Crippen molar-refractivity contribution in [3.8, 4) is 0 Å². The van der Waals surface area contributed by atoms with Crippen molar-refractivity contribution in [1.82, 2.24) is 4.98 Å². The van der Waals surface area contributed by atoms with Gasteiger partial charge in [-0.05, 0) is 32.0 Å². The Hall–Kier alpha value is -1.55. The molecule has 17 heavy (non-hydrogen) atoms. The van der Waals surface area contributed by atoms with E-state index in [0.29, 0.717) is 6.04 Å². The highest BCUT2D eigenvalue weighted by Gasteiger charge is 2.07. The predicted molar refractivity (Wildman–Crippen MR) is 74.9 cm³/mol. The molecule has 2 N–H and O–H groups in total. The van der Waals surface area contributed by atoms with E-state index in [-0.39, 0.29) is 0 Å². The lowest BCUT2D eigenvalue weighted by Crippen LogP contribution is -2.05. The number of nitrogens with zero attached hydrogens (tertiary/aromatic N) is 1. The van der Waals surface area contributed by atoms with Crippen molar-refractivity contribution in [1.29, 1.82) is 0 Å². The van der Waals surface area contributed by atoms with Crippen LogP contribution in [0.4, 0.5) is 11.4 Å². The van der Waals surface area contributed by atoms with Gasteiger partial charge in [-0.2, -0.15) is 0 Å². The van der Waals surface area contributed by atoms with Crippen LogP contribution in [0.3, 0.4) is 0 Å². The van der Waals surface area contributed by atoms with Crippen LogP contribution >= 0.6 is 11.3 Å². The summed E-state index contributed by atoms with van der Waals surface area (Å²) in [5, 5.41) is 6.54. The van der Waals surface area contributed by atoms with Crippen molar-refractivity contribution >= 4 is 22.7 Å². The second-order valence-corrected chi connectivity index (χ2v) is 5.35. The number of pyridine rings is 1. The van der Waals surface area contributed by atoms with E-state index in [1.807, 2.05) is 30.8 Å². The predicted octanol–water partition coefficient (Wildman–Crippen LogP) is 3.67. The SMILES string of the molecule is CNc1cncc(NC(C)c2ccc(C)s2)c1. The normalized spacial score (nSPS) is 12.2. The Labute approximate surface area is 106 Å². The standard InChI is InChI=1S/C13H17N3S/c1-9-4-5-13(17-9)10(2)16-12-6-11(14-3)7-15-8-12/h4-8,10,14,16H,1-3H3. The molecule has 0 aliphatic carbocycles. The van der Waals surface area contributed by atoms with Gasteiger partial charge in [0.25, 0.3) is 0 Å². The monoisotopic (exact) mass is 247 g/mol. The maximum Gasteiger partial charge on any atom is 0.0579 e. The van der Waals surface area contributed by atoms with Crippen molar-refractivity contribution in [2.24, 2.45) is 0 Å². The van der Waals surface area contributed by atoms with Crippen LogP contribution in [0, 0.1) is 6.92 Å². The van der Waals surface area contributed by atoms with Crippen molar-refractivity contribution in [2.45, 2.75) is 19.9 Å². The number of hydrogen-bond donors (Lipinski definition) is 2. The number of aromatic nitrogens is 1. The van der Waals surface area contributed by atoms with E-state index in [1.54, 1.807) is 0 Å². The molecule has 0 spiro atoms. The molecule has 0 amide bonds. The van der Waals surface area contributed by atoms with Gasteiger partial charge < -0.3 is 10.6 Å². The smallest absolute Gasteiger partial charge is 0.0579 e. The maximum atomic E-state index is 4.19. The summed E-state index contributed by atoms with van der Waals surface area (Å²) in [7, 11) is 1.90. The molecule has 1 atom stereocenters. The molecule has 1 unspecified atom stereocenters.